The lowest BCUT2D eigenvalue weighted by Gasteiger charge is -2.08. The Kier molecular flexibility index (Phi) is 3.38. The third kappa shape index (κ3) is 3.19. The van der Waals surface area contributed by atoms with Gasteiger partial charge in [-0.25, -0.2) is 0 Å². The molecule has 0 aliphatic carbocycles. The number of halogens is 1. The average molecular weight is 281 g/mol. The molecule has 0 fully saturated rings. The van der Waals surface area contributed by atoms with Crippen LogP contribution in [-0.2, 0) is 10.1 Å². The molecule has 0 aliphatic heterocycles. The largest absolute Gasteiger partial charge is 0.493 e. The van der Waals surface area contributed by atoms with Crippen LogP contribution in [0.15, 0.2) is 22.7 Å². The van der Waals surface area contributed by atoms with Crippen LogP contribution in [0.5, 0.6) is 11.5 Å². The molecule has 0 saturated heterocycles. The van der Waals surface area contributed by atoms with Crippen molar-refractivity contribution in [3.63, 3.8) is 0 Å². The number of benzene rings is 1. The summed E-state index contributed by atoms with van der Waals surface area (Å²) in [6.45, 7) is 0. The molecule has 1 rings (SSSR count). The van der Waals surface area contributed by atoms with Gasteiger partial charge >= 0.3 is 10.1 Å². The minimum atomic E-state index is -3.52. The maximum Gasteiger partial charge on any atom is 0.306 e. The fourth-order valence-corrected chi connectivity index (χ4v) is 1.68. The Morgan fingerprint density at radius 2 is 1.93 bits per heavy atom. The van der Waals surface area contributed by atoms with E-state index in [0.717, 1.165) is 10.7 Å². The quantitative estimate of drug-likeness (QED) is 0.793. The maximum atomic E-state index is 10.9. The minimum Gasteiger partial charge on any atom is -0.493 e. The van der Waals surface area contributed by atoms with Gasteiger partial charge in [-0.15, -0.1) is 0 Å². The molecule has 0 heterocycles. The van der Waals surface area contributed by atoms with E-state index in [9.17, 15) is 8.42 Å². The number of ether oxygens (including phenoxy) is 1. The molecule has 0 spiro atoms. The topological polar surface area (TPSA) is 52.6 Å². The molecular weight excluding hydrogens is 272 g/mol. The highest BCUT2D eigenvalue weighted by atomic mass is 79.9. The zero-order valence-corrected chi connectivity index (χ0v) is 10.1. The van der Waals surface area contributed by atoms with E-state index in [2.05, 4.69) is 15.9 Å². The van der Waals surface area contributed by atoms with Gasteiger partial charge < -0.3 is 8.92 Å². The van der Waals surface area contributed by atoms with Crippen molar-refractivity contribution in [2.45, 2.75) is 0 Å². The summed E-state index contributed by atoms with van der Waals surface area (Å²) in [5, 5.41) is 0. The molecule has 4 nitrogen and oxygen atoms in total. The first-order valence-corrected chi connectivity index (χ1v) is 6.26. The van der Waals surface area contributed by atoms with Crippen molar-refractivity contribution < 1.29 is 17.3 Å². The standard InChI is InChI=1S/C8H9BrO4S/c1-12-8-5-6(9)3-4-7(8)13-14(2,10)11/h3-5H,1-2H3. The molecule has 0 N–H and O–H groups in total. The van der Waals surface area contributed by atoms with Crippen LogP contribution in [0.4, 0.5) is 0 Å². The van der Waals surface area contributed by atoms with Crippen LogP contribution in [-0.4, -0.2) is 21.8 Å². The molecule has 0 bridgehead atoms. The van der Waals surface area contributed by atoms with Crippen LogP contribution < -0.4 is 8.92 Å². The van der Waals surface area contributed by atoms with Crippen LogP contribution >= 0.6 is 15.9 Å². The second kappa shape index (κ2) is 4.18. The molecule has 6 heteroatoms. The van der Waals surface area contributed by atoms with Gasteiger partial charge in [0.25, 0.3) is 0 Å². The van der Waals surface area contributed by atoms with E-state index < -0.39 is 10.1 Å². The lowest BCUT2D eigenvalue weighted by atomic mass is 10.3. The number of hydrogen-bond acceptors (Lipinski definition) is 4. The molecule has 0 unspecified atom stereocenters. The molecule has 0 radical (unpaired) electrons. The fraction of sp³-hybridized carbons (Fsp3) is 0.250. The van der Waals surface area contributed by atoms with Gasteiger partial charge in [-0.3, -0.25) is 0 Å². The highest BCUT2D eigenvalue weighted by molar-refractivity contribution is 9.10. The van der Waals surface area contributed by atoms with Crippen molar-refractivity contribution in [2.24, 2.45) is 0 Å². The van der Waals surface area contributed by atoms with Gasteiger partial charge in [0, 0.05) is 4.47 Å². The predicted octanol–water partition coefficient (Wildman–Crippen LogP) is 1.80. The van der Waals surface area contributed by atoms with Crippen LogP contribution in [0.1, 0.15) is 0 Å². The van der Waals surface area contributed by atoms with Crippen LogP contribution in [0.3, 0.4) is 0 Å². The molecular formula is C8H9BrO4S. The van der Waals surface area contributed by atoms with Crippen molar-refractivity contribution in [3.05, 3.63) is 22.7 Å². The number of hydrogen-bond donors (Lipinski definition) is 0. The number of rotatable bonds is 3. The zero-order chi connectivity index (χ0) is 10.8. The van der Waals surface area contributed by atoms with Crippen LogP contribution in [0.25, 0.3) is 0 Å². The first-order chi connectivity index (χ1) is 6.42. The summed E-state index contributed by atoms with van der Waals surface area (Å²) in [6, 6.07) is 4.81. The van der Waals surface area contributed by atoms with E-state index in [0.29, 0.717) is 5.75 Å². The third-order valence-electron chi connectivity index (χ3n) is 1.37. The van der Waals surface area contributed by atoms with Gasteiger partial charge in [-0.05, 0) is 18.2 Å². The Morgan fingerprint density at radius 1 is 1.29 bits per heavy atom. The van der Waals surface area contributed by atoms with Gasteiger partial charge in [0.05, 0.1) is 13.4 Å². The smallest absolute Gasteiger partial charge is 0.306 e. The summed E-state index contributed by atoms with van der Waals surface area (Å²) in [5.41, 5.74) is 0. The van der Waals surface area contributed by atoms with Gasteiger partial charge in [-0.2, -0.15) is 8.42 Å². The molecule has 1 aromatic rings. The van der Waals surface area contributed by atoms with Gasteiger partial charge in [-0.1, -0.05) is 15.9 Å². The molecule has 1 aromatic carbocycles. The first kappa shape index (κ1) is 11.3. The normalized spacial score (nSPS) is 11.1. The van der Waals surface area contributed by atoms with Crippen molar-refractivity contribution in [2.75, 3.05) is 13.4 Å². The van der Waals surface area contributed by atoms with Crippen molar-refractivity contribution >= 4 is 26.0 Å². The summed E-state index contributed by atoms with van der Waals surface area (Å²) < 4.78 is 32.2. The van der Waals surface area contributed by atoms with Crippen molar-refractivity contribution in [1.29, 1.82) is 0 Å². The average Bonchev–Trinajstić information content (AvgIpc) is 2.06. The lowest BCUT2D eigenvalue weighted by molar-refractivity contribution is 0.391. The van der Waals surface area contributed by atoms with E-state index in [4.69, 9.17) is 8.92 Å². The van der Waals surface area contributed by atoms with Gasteiger partial charge in [0.15, 0.2) is 11.5 Å². The van der Waals surface area contributed by atoms with Gasteiger partial charge in [0.2, 0.25) is 0 Å². The number of methoxy groups -OCH3 is 1. The summed E-state index contributed by atoms with van der Waals surface area (Å²) >= 11 is 3.23. The highest BCUT2D eigenvalue weighted by Gasteiger charge is 2.10. The van der Waals surface area contributed by atoms with E-state index in [1.54, 1.807) is 12.1 Å². The SMILES string of the molecule is COc1cc(Br)ccc1OS(C)(=O)=O. The van der Waals surface area contributed by atoms with E-state index >= 15 is 0 Å². The Hall–Kier alpha value is -0.750. The fourth-order valence-electron chi connectivity index (χ4n) is 0.873. The van der Waals surface area contributed by atoms with E-state index in [1.807, 2.05) is 0 Å². The van der Waals surface area contributed by atoms with Crippen molar-refractivity contribution in [1.82, 2.24) is 0 Å². The Morgan fingerprint density at radius 3 is 2.43 bits per heavy atom. The molecule has 0 aromatic heterocycles. The Balaban J connectivity index is 3.09. The molecule has 14 heavy (non-hydrogen) atoms. The molecule has 0 aliphatic rings. The lowest BCUT2D eigenvalue weighted by Crippen LogP contribution is -2.06. The Labute approximate surface area is 91.1 Å². The minimum absolute atomic E-state index is 0.179. The zero-order valence-electron chi connectivity index (χ0n) is 7.65. The second-order valence-corrected chi connectivity index (χ2v) is 5.07. The molecule has 78 valence electrons. The molecule has 0 saturated carbocycles. The monoisotopic (exact) mass is 280 g/mol. The maximum absolute atomic E-state index is 10.9. The Bertz CT molecular complexity index is 427. The summed E-state index contributed by atoms with van der Waals surface area (Å²) in [5.74, 6) is 0.544. The highest BCUT2D eigenvalue weighted by Crippen LogP contribution is 2.30. The third-order valence-corrected chi connectivity index (χ3v) is 2.34. The molecule has 0 atom stereocenters. The summed E-state index contributed by atoms with van der Waals surface area (Å²) in [6.07, 6.45) is 0.981. The molecule has 0 amide bonds. The van der Waals surface area contributed by atoms with E-state index in [-0.39, 0.29) is 5.75 Å². The summed E-state index contributed by atoms with van der Waals surface area (Å²) in [7, 11) is -2.08. The van der Waals surface area contributed by atoms with Gasteiger partial charge in [0.1, 0.15) is 0 Å². The summed E-state index contributed by atoms with van der Waals surface area (Å²) in [4.78, 5) is 0. The van der Waals surface area contributed by atoms with E-state index in [1.165, 1.54) is 13.2 Å². The van der Waals surface area contributed by atoms with Crippen LogP contribution in [0, 0.1) is 0 Å². The first-order valence-electron chi connectivity index (χ1n) is 3.65. The predicted molar refractivity (Wildman–Crippen MR) is 56.2 cm³/mol. The van der Waals surface area contributed by atoms with Crippen molar-refractivity contribution in [3.8, 4) is 11.5 Å². The second-order valence-electron chi connectivity index (χ2n) is 2.58. The van der Waals surface area contributed by atoms with Crippen LogP contribution in [0.2, 0.25) is 0 Å².